The number of hydrogen-bond acceptors (Lipinski definition) is 8. The van der Waals surface area contributed by atoms with Crippen LogP contribution in [0.1, 0.15) is 155 Å². The first kappa shape index (κ1) is 62.3. The van der Waals surface area contributed by atoms with Gasteiger partial charge in [0.1, 0.15) is 12.2 Å². The molecule has 0 rings (SSSR count). The molecule has 66 heavy (non-hydrogen) atoms. The predicted molar refractivity (Wildman–Crippen MR) is 278 cm³/mol. The molecular weight excluding hydrogens is 848 g/mol. The third kappa shape index (κ3) is 49.8. The standard InChI is InChI=1S/C56H89O9P/c1-3-5-7-9-11-13-15-17-19-21-23-25-27-28-30-32-34-36-38-40-42-44-46-48-56(59)65-55(53-64-66(60,61)63-51-54(58)50-57)52-62-49-47-45-43-41-39-37-35-33-31-29-26-24-22-20-18-16-14-12-10-8-6-4-2/h5-8,11-14,17-20,23-26,28,30-31,33-34,36-37,39,54-55,57-58H,3-4,9-10,15-16,21-22,27,29,32,35,38,40-53H2,1-2H3,(H,60,61)/b7-5-,8-6-,13-11-,14-12-,19-17-,20-18-,25-23-,26-24-,30-28-,33-31-,36-34-,39-37-. The Morgan fingerprint density at radius 3 is 1.21 bits per heavy atom. The van der Waals surface area contributed by atoms with Gasteiger partial charge in [0, 0.05) is 13.0 Å². The molecule has 0 heterocycles. The SMILES string of the molecule is CC/C=C\C/C=C\C/C=C\C/C=C\C/C=C\C/C=C\CCCCCCC(=O)OC(COCCCCC/C=C\C/C=C\C/C=C\C/C=C\C/C=C\C/C=C\CC)COP(=O)(O)OCC(O)CO. The van der Waals surface area contributed by atoms with Crippen LogP contribution in [0.25, 0.3) is 0 Å². The molecule has 0 aliphatic heterocycles. The zero-order chi connectivity index (χ0) is 48.1. The van der Waals surface area contributed by atoms with Gasteiger partial charge in [-0.1, -0.05) is 179 Å². The van der Waals surface area contributed by atoms with Gasteiger partial charge in [-0.05, 0) is 116 Å². The average Bonchev–Trinajstić information content (AvgIpc) is 3.31. The molecule has 0 bridgehead atoms. The number of aliphatic hydroxyl groups is 2. The molecule has 0 aromatic rings. The summed E-state index contributed by atoms with van der Waals surface area (Å²) in [6.07, 6.45) is 71.0. The number of aliphatic hydroxyl groups excluding tert-OH is 2. The van der Waals surface area contributed by atoms with Crippen molar-refractivity contribution in [1.29, 1.82) is 0 Å². The molecule has 0 saturated heterocycles. The van der Waals surface area contributed by atoms with Gasteiger partial charge < -0.3 is 24.6 Å². The summed E-state index contributed by atoms with van der Waals surface area (Å²) in [5.74, 6) is -0.426. The van der Waals surface area contributed by atoms with E-state index in [9.17, 15) is 19.4 Å². The van der Waals surface area contributed by atoms with Gasteiger partial charge in [-0.3, -0.25) is 13.8 Å². The molecule has 0 saturated carbocycles. The normalized spacial score (nSPS) is 15.0. The van der Waals surface area contributed by atoms with Crippen molar-refractivity contribution >= 4 is 13.8 Å². The van der Waals surface area contributed by atoms with E-state index in [1.54, 1.807) is 0 Å². The van der Waals surface area contributed by atoms with Crippen LogP contribution < -0.4 is 0 Å². The van der Waals surface area contributed by atoms with Crippen LogP contribution in [0.3, 0.4) is 0 Å². The maximum absolute atomic E-state index is 12.7. The molecule has 0 amide bonds. The van der Waals surface area contributed by atoms with Crippen LogP contribution in [0.15, 0.2) is 146 Å². The number of carbonyl (C=O) groups excluding carboxylic acids is 1. The summed E-state index contributed by atoms with van der Waals surface area (Å²) in [5, 5.41) is 18.4. The summed E-state index contributed by atoms with van der Waals surface area (Å²) >= 11 is 0. The van der Waals surface area contributed by atoms with Gasteiger partial charge in [-0.15, -0.1) is 0 Å². The Kier molecular flexibility index (Phi) is 47.9. The topological polar surface area (TPSA) is 132 Å². The van der Waals surface area contributed by atoms with Crippen LogP contribution in [-0.4, -0.2) is 66.3 Å². The van der Waals surface area contributed by atoms with E-state index in [1.807, 2.05) is 0 Å². The van der Waals surface area contributed by atoms with Gasteiger partial charge in [0.15, 0.2) is 0 Å². The van der Waals surface area contributed by atoms with E-state index in [0.717, 1.165) is 128 Å². The van der Waals surface area contributed by atoms with Crippen LogP contribution in [0.5, 0.6) is 0 Å². The number of hydrogen-bond donors (Lipinski definition) is 3. The van der Waals surface area contributed by atoms with Crippen LogP contribution >= 0.6 is 7.82 Å². The summed E-state index contributed by atoms with van der Waals surface area (Å²) in [7, 11) is -4.55. The Labute approximate surface area is 401 Å². The number of phosphoric acid groups is 1. The number of unbranched alkanes of at least 4 members (excludes halogenated alkanes) is 7. The van der Waals surface area contributed by atoms with E-state index in [2.05, 4.69) is 160 Å². The van der Waals surface area contributed by atoms with Gasteiger partial charge in [0.05, 0.1) is 26.4 Å². The minimum atomic E-state index is -4.55. The van der Waals surface area contributed by atoms with Crippen molar-refractivity contribution in [2.75, 3.05) is 33.0 Å². The van der Waals surface area contributed by atoms with Gasteiger partial charge in [0.2, 0.25) is 0 Å². The zero-order valence-electron chi connectivity index (χ0n) is 40.8. The predicted octanol–water partition coefficient (Wildman–Crippen LogP) is 14.7. The maximum atomic E-state index is 12.7. The minimum absolute atomic E-state index is 0.00408. The van der Waals surface area contributed by atoms with Crippen molar-refractivity contribution in [1.82, 2.24) is 0 Å². The van der Waals surface area contributed by atoms with E-state index in [-0.39, 0.29) is 13.0 Å². The van der Waals surface area contributed by atoms with Crippen LogP contribution in [-0.2, 0) is 27.9 Å². The zero-order valence-corrected chi connectivity index (χ0v) is 41.7. The fourth-order valence-electron chi connectivity index (χ4n) is 5.83. The van der Waals surface area contributed by atoms with E-state index < -0.39 is 45.8 Å². The number of rotatable bonds is 45. The van der Waals surface area contributed by atoms with Crippen LogP contribution in [0.4, 0.5) is 0 Å². The summed E-state index contributed by atoms with van der Waals surface area (Å²) in [4.78, 5) is 22.7. The molecule has 372 valence electrons. The summed E-state index contributed by atoms with van der Waals surface area (Å²) in [5.41, 5.74) is 0. The van der Waals surface area contributed by atoms with Gasteiger partial charge in [-0.25, -0.2) is 4.57 Å². The first-order chi connectivity index (χ1) is 32.3. The highest BCUT2D eigenvalue weighted by Crippen LogP contribution is 2.43. The van der Waals surface area contributed by atoms with E-state index in [1.165, 1.54) is 0 Å². The fourth-order valence-corrected chi connectivity index (χ4v) is 6.62. The lowest BCUT2D eigenvalue weighted by Gasteiger charge is -2.20. The van der Waals surface area contributed by atoms with E-state index in [4.69, 9.17) is 23.6 Å². The number of carbonyl (C=O) groups is 1. The maximum Gasteiger partial charge on any atom is 0.472 e. The minimum Gasteiger partial charge on any atom is -0.457 e. The summed E-state index contributed by atoms with van der Waals surface area (Å²) in [6, 6.07) is 0. The lowest BCUT2D eigenvalue weighted by atomic mass is 10.1. The lowest BCUT2D eigenvalue weighted by molar-refractivity contribution is -0.154. The Hall–Kier alpha value is -3.66. The second-order valence-electron chi connectivity index (χ2n) is 15.7. The molecule has 0 aromatic carbocycles. The molecule has 3 N–H and O–H groups in total. The number of esters is 1. The van der Waals surface area contributed by atoms with Crippen molar-refractivity contribution in [2.45, 2.75) is 167 Å². The molecule has 0 aliphatic rings. The third-order valence-corrected chi connectivity index (χ3v) is 10.5. The molecule has 10 heteroatoms. The summed E-state index contributed by atoms with van der Waals surface area (Å²) < 4.78 is 33.4. The Morgan fingerprint density at radius 1 is 0.470 bits per heavy atom. The monoisotopic (exact) mass is 937 g/mol. The highest BCUT2D eigenvalue weighted by atomic mass is 31.2. The second kappa shape index (κ2) is 50.7. The van der Waals surface area contributed by atoms with Crippen LogP contribution in [0.2, 0.25) is 0 Å². The van der Waals surface area contributed by atoms with Crippen molar-refractivity contribution in [3.63, 3.8) is 0 Å². The molecule has 3 unspecified atom stereocenters. The quantitative estimate of drug-likeness (QED) is 0.0236. The lowest BCUT2D eigenvalue weighted by Crippen LogP contribution is -2.29. The van der Waals surface area contributed by atoms with Gasteiger partial charge in [-0.2, -0.15) is 0 Å². The Bertz CT molecular complexity index is 1530. The van der Waals surface area contributed by atoms with Gasteiger partial charge >= 0.3 is 13.8 Å². The van der Waals surface area contributed by atoms with Crippen molar-refractivity contribution in [2.24, 2.45) is 0 Å². The molecular formula is C56H89O9P. The largest absolute Gasteiger partial charge is 0.472 e. The van der Waals surface area contributed by atoms with E-state index >= 15 is 0 Å². The molecule has 0 radical (unpaired) electrons. The van der Waals surface area contributed by atoms with E-state index in [0.29, 0.717) is 13.0 Å². The molecule has 9 nitrogen and oxygen atoms in total. The number of allylic oxidation sites excluding steroid dienone is 24. The summed E-state index contributed by atoms with van der Waals surface area (Å²) in [6.45, 7) is 3.13. The molecule has 3 atom stereocenters. The third-order valence-electron chi connectivity index (χ3n) is 9.52. The van der Waals surface area contributed by atoms with Crippen molar-refractivity contribution in [3.05, 3.63) is 146 Å². The second-order valence-corrected chi connectivity index (χ2v) is 17.2. The Morgan fingerprint density at radius 2 is 0.818 bits per heavy atom. The van der Waals surface area contributed by atoms with Gasteiger partial charge in [0.25, 0.3) is 0 Å². The molecule has 0 fully saturated rings. The highest BCUT2D eigenvalue weighted by molar-refractivity contribution is 7.47. The number of ether oxygens (including phenoxy) is 2. The van der Waals surface area contributed by atoms with Crippen molar-refractivity contribution < 1.29 is 43.0 Å². The molecule has 0 aromatic heterocycles. The highest BCUT2D eigenvalue weighted by Gasteiger charge is 2.26. The Balaban J connectivity index is 4.29. The molecule has 0 aliphatic carbocycles. The van der Waals surface area contributed by atoms with Crippen molar-refractivity contribution in [3.8, 4) is 0 Å². The first-order valence-electron chi connectivity index (χ1n) is 24.8. The first-order valence-corrected chi connectivity index (χ1v) is 26.3. The smallest absolute Gasteiger partial charge is 0.457 e. The number of phosphoric ester groups is 1. The average molecular weight is 937 g/mol. The fraction of sp³-hybridized carbons (Fsp3) is 0.554. The van der Waals surface area contributed by atoms with Crippen LogP contribution in [0, 0.1) is 0 Å². The molecule has 0 spiro atoms.